The van der Waals surface area contributed by atoms with Crippen LogP contribution in [0.1, 0.15) is 25.3 Å². The summed E-state index contributed by atoms with van der Waals surface area (Å²) in [4.78, 5) is 6.86. The number of hydrazine groups is 1. The molecule has 1 aliphatic heterocycles. The van der Waals surface area contributed by atoms with Crippen LogP contribution < -0.4 is 16.3 Å². The Kier molecular flexibility index (Phi) is 9.76. The van der Waals surface area contributed by atoms with E-state index in [-0.39, 0.29) is 0 Å². The van der Waals surface area contributed by atoms with Gasteiger partial charge in [0.1, 0.15) is 5.76 Å². The van der Waals surface area contributed by atoms with Gasteiger partial charge in [-0.3, -0.25) is 4.90 Å². The molecule has 32 heavy (non-hydrogen) atoms. The standard InChI is InChI=1S/C22H32BrClN6OS/c1-16(25)21(23)20(4-3-7-29(26)14-17-5-6-17)31-22-18(12-19(24)13-27-22)15-28-8-10-30(32-2)11-9-28/h3-4,7,12-13,17H,5-6,8-11,14-15,25-26H2,1-2H3/b7-3+,20-4+,21-16-. The highest BCUT2D eigenvalue weighted by Crippen LogP contribution is 2.30. The van der Waals surface area contributed by atoms with E-state index >= 15 is 0 Å². The third kappa shape index (κ3) is 7.97. The maximum atomic E-state index is 6.26. The van der Waals surface area contributed by atoms with E-state index in [4.69, 9.17) is 27.9 Å². The van der Waals surface area contributed by atoms with Crippen molar-refractivity contribution in [1.29, 1.82) is 0 Å². The van der Waals surface area contributed by atoms with Crippen LogP contribution >= 0.6 is 39.5 Å². The average molecular weight is 544 g/mol. The van der Waals surface area contributed by atoms with E-state index in [1.807, 2.05) is 31.3 Å². The summed E-state index contributed by atoms with van der Waals surface area (Å²) >= 11 is 11.6. The van der Waals surface area contributed by atoms with Crippen molar-refractivity contribution < 1.29 is 4.74 Å². The predicted molar refractivity (Wildman–Crippen MR) is 137 cm³/mol. The van der Waals surface area contributed by atoms with Gasteiger partial charge in [-0.15, -0.1) is 0 Å². The van der Waals surface area contributed by atoms with E-state index < -0.39 is 0 Å². The van der Waals surface area contributed by atoms with E-state index in [0.717, 1.165) is 44.8 Å². The molecular weight excluding hydrogens is 512 g/mol. The molecule has 0 aromatic carbocycles. The zero-order valence-electron chi connectivity index (χ0n) is 18.6. The molecule has 0 radical (unpaired) electrons. The van der Waals surface area contributed by atoms with Gasteiger partial charge in [-0.2, -0.15) is 0 Å². The minimum absolute atomic E-state index is 0.516. The first-order chi connectivity index (χ1) is 15.4. The van der Waals surface area contributed by atoms with Crippen LogP contribution in [-0.2, 0) is 6.54 Å². The quantitative estimate of drug-likeness (QED) is 0.150. The van der Waals surface area contributed by atoms with Gasteiger partial charge >= 0.3 is 0 Å². The molecule has 0 amide bonds. The van der Waals surface area contributed by atoms with Gasteiger partial charge in [0.05, 0.1) is 9.51 Å². The fraction of sp³-hybridized carbons (Fsp3) is 0.500. The Morgan fingerprint density at radius 1 is 1.38 bits per heavy atom. The van der Waals surface area contributed by atoms with E-state index in [2.05, 4.69) is 36.4 Å². The molecule has 0 spiro atoms. The van der Waals surface area contributed by atoms with Crippen molar-refractivity contribution >= 4 is 39.5 Å². The Morgan fingerprint density at radius 3 is 2.72 bits per heavy atom. The summed E-state index contributed by atoms with van der Waals surface area (Å²) in [5.74, 6) is 7.83. The molecular formula is C22H32BrClN6OS. The fourth-order valence-corrected chi connectivity index (χ4v) is 4.26. The van der Waals surface area contributed by atoms with Crippen molar-refractivity contribution in [1.82, 2.24) is 19.2 Å². The molecule has 1 saturated carbocycles. The van der Waals surface area contributed by atoms with E-state index in [0.29, 0.717) is 32.8 Å². The number of rotatable bonds is 10. The topological polar surface area (TPSA) is 83.9 Å². The van der Waals surface area contributed by atoms with Crippen LogP contribution in [0.15, 0.2) is 46.6 Å². The predicted octanol–water partition coefficient (Wildman–Crippen LogP) is 4.08. The number of hydrogen-bond donors (Lipinski definition) is 2. The first-order valence-corrected chi connectivity index (χ1v) is 13.1. The zero-order valence-corrected chi connectivity index (χ0v) is 21.8. The van der Waals surface area contributed by atoms with Crippen LogP contribution in [0, 0.1) is 5.92 Å². The minimum atomic E-state index is 0.516. The number of aromatic nitrogens is 1. The molecule has 1 aromatic heterocycles. The Morgan fingerprint density at radius 2 is 2.09 bits per heavy atom. The second-order valence-corrected chi connectivity index (χ2v) is 10.2. The summed E-state index contributed by atoms with van der Waals surface area (Å²) in [5, 5.41) is 2.29. The molecule has 0 bridgehead atoms. The summed E-state index contributed by atoms with van der Waals surface area (Å²) < 4.78 is 9.28. The molecule has 2 aliphatic rings. The van der Waals surface area contributed by atoms with Crippen molar-refractivity contribution in [2.75, 3.05) is 39.0 Å². The lowest BCUT2D eigenvalue weighted by Gasteiger charge is -2.33. The second kappa shape index (κ2) is 12.3. The van der Waals surface area contributed by atoms with Crippen molar-refractivity contribution in [3.05, 3.63) is 57.1 Å². The van der Waals surface area contributed by atoms with Gasteiger partial charge < -0.3 is 15.5 Å². The Balaban J connectivity index is 1.75. The molecule has 0 atom stereocenters. The first kappa shape index (κ1) is 25.4. The van der Waals surface area contributed by atoms with Gasteiger partial charge in [0.15, 0.2) is 0 Å². The maximum Gasteiger partial charge on any atom is 0.223 e. The van der Waals surface area contributed by atoms with Crippen molar-refractivity contribution in [2.45, 2.75) is 26.3 Å². The summed E-state index contributed by atoms with van der Waals surface area (Å²) in [5.41, 5.74) is 7.58. The fourth-order valence-electron chi connectivity index (χ4n) is 3.34. The van der Waals surface area contributed by atoms with E-state index in [9.17, 15) is 0 Å². The highest BCUT2D eigenvalue weighted by atomic mass is 79.9. The second-order valence-electron chi connectivity index (χ2n) is 8.12. The number of allylic oxidation sites excluding steroid dienone is 4. The third-order valence-corrected chi connectivity index (χ3v) is 7.44. The van der Waals surface area contributed by atoms with Gasteiger partial charge in [0, 0.05) is 62.9 Å². The Labute approximate surface area is 208 Å². The number of piperazine rings is 1. The van der Waals surface area contributed by atoms with Gasteiger partial charge in [0.2, 0.25) is 5.88 Å². The number of nitrogens with two attached hydrogens (primary N) is 2. The van der Waals surface area contributed by atoms with Crippen LogP contribution in [0.3, 0.4) is 0 Å². The molecule has 7 nitrogen and oxygen atoms in total. The number of halogens is 2. The molecule has 10 heteroatoms. The largest absolute Gasteiger partial charge is 0.437 e. The highest BCUT2D eigenvalue weighted by molar-refractivity contribution is 9.12. The van der Waals surface area contributed by atoms with Gasteiger partial charge in [0.25, 0.3) is 0 Å². The van der Waals surface area contributed by atoms with Crippen LogP contribution in [-0.4, -0.2) is 58.2 Å². The number of nitrogens with zero attached hydrogens (tertiary/aromatic N) is 4. The SMILES string of the molecule is CSN1CCN(Cc2cc(Cl)cnc2OC(=C/C=C/N(N)CC2CC2)/C(Br)=C(\C)N)CC1. The molecule has 4 N–H and O–H groups in total. The van der Waals surface area contributed by atoms with Crippen LogP contribution in [0.5, 0.6) is 5.88 Å². The summed E-state index contributed by atoms with van der Waals surface area (Å²) in [6.45, 7) is 7.41. The van der Waals surface area contributed by atoms with E-state index in [1.165, 1.54) is 12.8 Å². The number of pyridine rings is 1. The normalized spacial score (nSPS) is 19.3. The van der Waals surface area contributed by atoms with Crippen molar-refractivity contribution in [3.63, 3.8) is 0 Å². The monoisotopic (exact) mass is 542 g/mol. The molecule has 0 unspecified atom stereocenters. The minimum Gasteiger partial charge on any atom is -0.437 e. The Hall–Kier alpha value is -1.23. The van der Waals surface area contributed by atoms with Crippen LogP contribution in [0.25, 0.3) is 0 Å². The zero-order chi connectivity index (χ0) is 23.1. The van der Waals surface area contributed by atoms with Gasteiger partial charge in [-0.25, -0.2) is 15.1 Å². The maximum absolute atomic E-state index is 6.26. The molecule has 176 valence electrons. The summed E-state index contributed by atoms with van der Waals surface area (Å²) in [6, 6.07) is 1.92. The van der Waals surface area contributed by atoms with Gasteiger partial charge in [-0.05, 0) is 66.1 Å². The van der Waals surface area contributed by atoms with E-state index in [1.54, 1.807) is 23.2 Å². The van der Waals surface area contributed by atoms with Crippen molar-refractivity contribution in [2.24, 2.45) is 17.5 Å². The molecule has 3 rings (SSSR count). The van der Waals surface area contributed by atoms with Crippen molar-refractivity contribution in [3.8, 4) is 5.88 Å². The lowest BCUT2D eigenvalue weighted by atomic mass is 10.2. The lowest BCUT2D eigenvalue weighted by Crippen LogP contribution is -2.42. The first-order valence-electron chi connectivity index (χ1n) is 10.7. The molecule has 1 aliphatic carbocycles. The number of ether oxygens (including phenoxy) is 1. The summed E-state index contributed by atoms with van der Waals surface area (Å²) in [7, 11) is 0. The molecule has 1 saturated heterocycles. The van der Waals surface area contributed by atoms with Gasteiger partial charge in [-0.1, -0.05) is 23.5 Å². The van der Waals surface area contributed by atoms with Crippen LogP contribution in [0.2, 0.25) is 5.02 Å². The molecule has 2 heterocycles. The third-order valence-electron chi connectivity index (χ3n) is 5.34. The molecule has 1 aromatic rings. The molecule has 2 fully saturated rings. The smallest absolute Gasteiger partial charge is 0.223 e. The average Bonchev–Trinajstić information content (AvgIpc) is 3.58. The summed E-state index contributed by atoms with van der Waals surface area (Å²) in [6.07, 6.45) is 11.8. The van der Waals surface area contributed by atoms with Crippen LogP contribution in [0.4, 0.5) is 0 Å². The Bertz CT molecular complexity index is 864. The lowest BCUT2D eigenvalue weighted by molar-refractivity contribution is 0.187. The number of hydrogen-bond acceptors (Lipinski definition) is 8. The highest BCUT2D eigenvalue weighted by Gasteiger charge is 2.22.